The number of nitrogens with zero attached hydrogens (tertiary/aromatic N) is 2. The number of hydrogen-bond acceptors (Lipinski definition) is 5. The van der Waals surface area contributed by atoms with E-state index < -0.39 is 0 Å². The van der Waals surface area contributed by atoms with Crippen LogP contribution in [0.15, 0.2) is 3.92 Å². The molecule has 1 aliphatic heterocycles. The Morgan fingerprint density at radius 2 is 2.46 bits per heavy atom. The van der Waals surface area contributed by atoms with Crippen LogP contribution in [0.4, 0.5) is 5.13 Å². The molecule has 0 aromatic carbocycles. The summed E-state index contributed by atoms with van der Waals surface area (Å²) in [6, 6.07) is 0.146. The third kappa shape index (κ3) is 2.16. The topological polar surface area (TPSA) is 66.9 Å². The smallest absolute Gasteiger partial charge is 0.222 e. The normalized spacial score (nSPS) is 21.6. The number of amides is 1. The summed E-state index contributed by atoms with van der Waals surface area (Å²) in [5.41, 5.74) is 0. The second kappa shape index (κ2) is 3.59. The van der Waals surface area contributed by atoms with Crippen LogP contribution in [0.2, 0.25) is 0 Å². The number of aromatic nitrogens is 2. The van der Waals surface area contributed by atoms with Gasteiger partial charge < -0.3 is 10.6 Å². The maximum atomic E-state index is 10.9. The van der Waals surface area contributed by atoms with E-state index in [9.17, 15) is 4.79 Å². The molecule has 1 atom stereocenters. The first-order chi connectivity index (χ1) is 6.24. The monoisotopic (exact) mass is 262 g/mol. The summed E-state index contributed by atoms with van der Waals surface area (Å²) in [6.45, 7) is 0.663. The van der Waals surface area contributed by atoms with Crippen LogP contribution in [-0.4, -0.2) is 28.7 Å². The zero-order valence-corrected chi connectivity index (χ0v) is 8.98. The average Bonchev–Trinajstić information content (AvgIpc) is 2.62. The van der Waals surface area contributed by atoms with E-state index in [0.29, 0.717) is 13.0 Å². The molecule has 5 nitrogen and oxygen atoms in total. The van der Waals surface area contributed by atoms with Gasteiger partial charge in [-0.05, 0) is 15.9 Å². The van der Waals surface area contributed by atoms with Gasteiger partial charge in [0.25, 0.3) is 0 Å². The van der Waals surface area contributed by atoms with E-state index in [1.54, 1.807) is 0 Å². The Labute approximate surface area is 87.1 Å². The molecule has 1 fully saturated rings. The van der Waals surface area contributed by atoms with Crippen molar-refractivity contribution >= 4 is 38.3 Å². The van der Waals surface area contributed by atoms with Crippen molar-refractivity contribution in [2.45, 2.75) is 12.5 Å². The molecule has 1 saturated heterocycles. The van der Waals surface area contributed by atoms with E-state index in [-0.39, 0.29) is 11.9 Å². The van der Waals surface area contributed by atoms with Crippen molar-refractivity contribution in [1.82, 2.24) is 15.5 Å². The van der Waals surface area contributed by atoms with Crippen LogP contribution in [0, 0.1) is 0 Å². The Hall–Kier alpha value is -0.690. The number of rotatable bonds is 2. The molecular weight excluding hydrogens is 256 g/mol. The highest BCUT2D eigenvalue weighted by molar-refractivity contribution is 9.11. The third-order valence-corrected chi connectivity index (χ3v) is 2.99. The number of carbonyl (C=O) groups is 1. The Balaban J connectivity index is 1.95. The summed E-state index contributed by atoms with van der Waals surface area (Å²) in [4.78, 5) is 10.9. The Bertz CT molecular complexity index is 328. The lowest BCUT2D eigenvalue weighted by molar-refractivity contribution is -0.119. The fourth-order valence-corrected chi connectivity index (χ4v) is 2.23. The second-order valence-corrected chi connectivity index (χ2v) is 4.96. The number of halogens is 1. The molecule has 2 heterocycles. The highest BCUT2D eigenvalue weighted by Gasteiger charge is 2.21. The van der Waals surface area contributed by atoms with Gasteiger partial charge in [0.15, 0.2) is 3.92 Å². The van der Waals surface area contributed by atoms with Gasteiger partial charge in [-0.3, -0.25) is 4.79 Å². The predicted molar refractivity (Wildman–Crippen MR) is 52.6 cm³/mol. The quantitative estimate of drug-likeness (QED) is 0.820. The van der Waals surface area contributed by atoms with E-state index in [0.717, 1.165) is 9.05 Å². The molecule has 0 bridgehead atoms. The lowest BCUT2D eigenvalue weighted by Gasteiger charge is -2.06. The van der Waals surface area contributed by atoms with Crippen LogP contribution in [0.25, 0.3) is 0 Å². The van der Waals surface area contributed by atoms with Gasteiger partial charge in [0.05, 0.1) is 6.04 Å². The highest BCUT2D eigenvalue weighted by atomic mass is 79.9. The fourth-order valence-electron chi connectivity index (χ4n) is 1.15. The largest absolute Gasteiger partial charge is 0.355 e. The molecular formula is C6H7BrN4OS. The number of nitrogens with one attached hydrogen (secondary N) is 2. The molecule has 7 heteroatoms. The number of carbonyl (C=O) groups excluding carboxylic acids is 1. The van der Waals surface area contributed by atoms with Gasteiger partial charge in [-0.15, -0.1) is 10.2 Å². The van der Waals surface area contributed by atoms with E-state index in [1.807, 2.05) is 0 Å². The SMILES string of the molecule is O=C1CC(Nc2nnc(Br)s2)CN1. The lowest BCUT2D eigenvalue weighted by Crippen LogP contribution is -2.22. The zero-order chi connectivity index (χ0) is 9.26. The molecule has 1 aromatic heterocycles. The van der Waals surface area contributed by atoms with Gasteiger partial charge in [0.1, 0.15) is 0 Å². The van der Waals surface area contributed by atoms with Crippen molar-refractivity contribution in [3.05, 3.63) is 3.92 Å². The molecule has 0 aliphatic carbocycles. The molecule has 0 saturated carbocycles. The summed E-state index contributed by atoms with van der Waals surface area (Å²) >= 11 is 4.64. The second-order valence-electron chi connectivity index (χ2n) is 2.71. The first-order valence-corrected chi connectivity index (χ1v) is 5.37. The van der Waals surface area contributed by atoms with Crippen molar-refractivity contribution < 1.29 is 4.79 Å². The van der Waals surface area contributed by atoms with Gasteiger partial charge in [-0.1, -0.05) is 11.3 Å². The van der Waals surface area contributed by atoms with Crippen LogP contribution < -0.4 is 10.6 Å². The summed E-state index contributed by atoms with van der Waals surface area (Å²) in [5, 5.41) is 14.3. The molecule has 2 rings (SSSR count). The average molecular weight is 263 g/mol. The number of hydrogen-bond donors (Lipinski definition) is 2. The molecule has 2 N–H and O–H groups in total. The van der Waals surface area contributed by atoms with Gasteiger partial charge in [0.2, 0.25) is 11.0 Å². The molecule has 1 aliphatic rings. The van der Waals surface area contributed by atoms with Crippen molar-refractivity contribution in [1.29, 1.82) is 0 Å². The number of anilines is 1. The van der Waals surface area contributed by atoms with Gasteiger partial charge in [-0.25, -0.2) is 0 Å². The van der Waals surface area contributed by atoms with Crippen molar-refractivity contribution in [2.75, 3.05) is 11.9 Å². The van der Waals surface area contributed by atoms with Crippen LogP contribution in [-0.2, 0) is 4.79 Å². The molecule has 70 valence electrons. The molecule has 13 heavy (non-hydrogen) atoms. The van der Waals surface area contributed by atoms with Crippen LogP contribution >= 0.6 is 27.3 Å². The minimum absolute atomic E-state index is 0.0843. The summed E-state index contributed by atoms with van der Waals surface area (Å²) in [5.74, 6) is 0.0843. The molecule has 0 spiro atoms. The predicted octanol–water partition coefficient (Wildman–Crippen LogP) is 0.601. The lowest BCUT2D eigenvalue weighted by atomic mass is 10.3. The fraction of sp³-hybridized carbons (Fsp3) is 0.500. The van der Waals surface area contributed by atoms with E-state index in [4.69, 9.17) is 0 Å². The Morgan fingerprint density at radius 3 is 3.00 bits per heavy atom. The molecule has 1 unspecified atom stereocenters. The van der Waals surface area contributed by atoms with E-state index in [1.165, 1.54) is 11.3 Å². The van der Waals surface area contributed by atoms with E-state index >= 15 is 0 Å². The molecule has 0 radical (unpaired) electrons. The first kappa shape index (κ1) is 8.89. The Kier molecular flexibility index (Phi) is 2.45. The molecule has 1 amide bonds. The maximum absolute atomic E-state index is 10.9. The van der Waals surface area contributed by atoms with Gasteiger partial charge >= 0.3 is 0 Å². The Morgan fingerprint density at radius 1 is 1.62 bits per heavy atom. The van der Waals surface area contributed by atoms with Gasteiger partial charge in [-0.2, -0.15) is 0 Å². The summed E-state index contributed by atoms with van der Waals surface area (Å²) < 4.78 is 0.743. The first-order valence-electron chi connectivity index (χ1n) is 3.76. The van der Waals surface area contributed by atoms with Crippen LogP contribution in [0.5, 0.6) is 0 Å². The van der Waals surface area contributed by atoms with Gasteiger partial charge in [0, 0.05) is 13.0 Å². The minimum Gasteiger partial charge on any atom is -0.355 e. The van der Waals surface area contributed by atoms with Crippen LogP contribution in [0.3, 0.4) is 0 Å². The minimum atomic E-state index is 0.0843. The van der Waals surface area contributed by atoms with Crippen molar-refractivity contribution in [3.63, 3.8) is 0 Å². The zero-order valence-electron chi connectivity index (χ0n) is 6.58. The van der Waals surface area contributed by atoms with Crippen LogP contribution in [0.1, 0.15) is 6.42 Å². The standard InChI is InChI=1S/C6H7BrN4OS/c7-5-10-11-6(13-5)9-3-1-4(12)8-2-3/h3H,1-2H2,(H,8,12)(H,9,11). The van der Waals surface area contributed by atoms with Crippen molar-refractivity contribution in [3.8, 4) is 0 Å². The summed E-state index contributed by atoms with van der Waals surface area (Å²) in [6.07, 6.45) is 0.511. The van der Waals surface area contributed by atoms with Crippen molar-refractivity contribution in [2.24, 2.45) is 0 Å². The highest BCUT2D eigenvalue weighted by Crippen LogP contribution is 2.21. The van der Waals surface area contributed by atoms with E-state index in [2.05, 4.69) is 36.8 Å². The molecule has 1 aromatic rings. The third-order valence-electron chi connectivity index (χ3n) is 1.71. The maximum Gasteiger partial charge on any atom is 0.222 e. The summed E-state index contributed by atoms with van der Waals surface area (Å²) in [7, 11) is 0.